The van der Waals surface area contributed by atoms with Gasteiger partial charge in [-0.15, -0.1) is 0 Å². The van der Waals surface area contributed by atoms with Gasteiger partial charge >= 0.3 is 0 Å². The van der Waals surface area contributed by atoms with Crippen molar-refractivity contribution in [3.63, 3.8) is 0 Å². The second-order valence-corrected chi connectivity index (χ2v) is 5.19. The van der Waals surface area contributed by atoms with Crippen molar-refractivity contribution >= 4 is 28.1 Å². The summed E-state index contributed by atoms with van der Waals surface area (Å²) < 4.78 is 6.29. The molecule has 2 rings (SSSR count). The molecule has 0 spiro atoms. The number of hydrogen-bond donors (Lipinski definition) is 1. The van der Waals surface area contributed by atoms with E-state index in [4.69, 9.17) is 4.74 Å². The number of nitrogens with one attached hydrogen (secondary N) is 1. The summed E-state index contributed by atoms with van der Waals surface area (Å²) in [7, 11) is 0. The normalized spacial score (nSPS) is 10.5. The van der Waals surface area contributed by atoms with E-state index in [2.05, 4.69) is 26.5 Å². The minimum atomic E-state index is -0.290. The van der Waals surface area contributed by atoms with Crippen molar-refractivity contribution in [2.45, 2.75) is 6.42 Å². The smallest absolute Gasteiger partial charge is 0.277 e. The minimum Gasteiger partial charge on any atom is -0.484 e. The van der Waals surface area contributed by atoms with Gasteiger partial charge in [-0.25, -0.2) is 5.43 Å². The van der Waals surface area contributed by atoms with Crippen molar-refractivity contribution in [2.24, 2.45) is 5.10 Å². The van der Waals surface area contributed by atoms with E-state index in [1.165, 1.54) is 0 Å². The molecule has 0 aliphatic rings. The Bertz CT molecular complexity index is 597. The Kier molecular flexibility index (Phi) is 5.97. The van der Waals surface area contributed by atoms with E-state index < -0.39 is 0 Å². The number of rotatable bonds is 6. The molecule has 0 saturated heterocycles. The van der Waals surface area contributed by atoms with E-state index in [9.17, 15) is 4.79 Å². The third kappa shape index (κ3) is 5.79. The van der Waals surface area contributed by atoms with Crippen molar-refractivity contribution in [3.8, 4) is 5.75 Å². The topological polar surface area (TPSA) is 50.7 Å². The number of hydrazone groups is 1. The number of carbonyl (C=O) groups is 1. The summed E-state index contributed by atoms with van der Waals surface area (Å²) in [4.78, 5) is 11.5. The molecule has 0 unspecified atom stereocenters. The maximum Gasteiger partial charge on any atom is 0.277 e. The van der Waals surface area contributed by atoms with Gasteiger partial charge in [0.1, 0.15) is 5.75 Å². The highest BCUT2D eigenvalue weighted by Gasteiger charge is 2.00. The third-order valence-corrected chi connectivity index (χ3v) is 3.16. The highest BCUT2D eigenvalue weighted by atomic mass is 79.9. The maximum absolute atomic E-state index is 11.5. The second-order valence-electron chi connectivity index (χ2n) is 4.28. The summed E-state index contributed by atoms with van der Waals surface area (Å²) in [5.41, 5.74) is 3.57. The summed E-state index contributed by atoms with van der Waals surface area (Å²) in [6, 6.07) is 17.2. The molecule has 4 nitrogen and oxygen atoms in total. The van der Waals surface area contributed by atoms with Crippen molar-refractivity contribution in [3.05, 3.63) is 64.6 Å². The molecule has 1 N–H and O–H groups in total. The highest BCUT2D eigenvalue weighted by Crippen LogP contribution is 2.15. The molecule has 0 fully saturated rings. The second kappa shape index (κ2) is 8.21. The molecule has 0 heterocycles. The SMILES string of the molecule is O=C(COc1ccc(Br)cc1)NN=CCc1ccccc1. The lowest BCUT2D eigenvalue weighted by molar-refractivity contribution is -0.123. The predicted molar refractivity (Wildman–Crippen MR) is 86.4 cm³/mol. The molecule has 0 aromatic heterocycles. The molecule has 0 aliphatic heterocycles. The van der Waals surface area contributed by atoms with Crippen LogP contribution in [0.25, 0.3) is 0 Å². The maximum atomic E-state index is 11.5. The molecule has 1 amide bonds. The Morgan fingerprint density at radius 2 is 1.86 bits per heavy atom. The van der Waals surface area contributed by atoms with Crippen molar-refractivity contribution in [1.82, 2.24) is 5.43 Å². The average Bonchev–Trinajstić information content (AvgIpc) is 2.52. The first-order chi connectivity index (χ1) is 10.2. The standard InChI is InChI=1S/C16H15BrN2O2/c17-14-6-8-15(9-7-14)21-12-16(20)19-18-11-10-13-4-2-1-3-5-13/h1-9,11H,10,12H2,(H,19,20). The molecule has 5 heteroatoms. The summed E-state index contributed by atoms with van der Waals surface area (Å²) in [5.74, 6) is 0.351. The van der Waals surface area contributed by atoms with E-state index in [-0.39, 0.29) is 12.5 Å². The highest BCUT2D eigenvalue weighted by molar-refractivity contribution is 9.10. The summed E-state index contributed by atoms with van der Waals surface area (Å²) >= 11 is 3.33. The summed E-state index contributed by atoms with van der Waals surface area (Å²) in [6.07, 6.45) is 2.33. The van der Waals surface area contributed by atoms with E-state index in [1.807, 2.05) is 42.5 Å². The zero-order valence-corrected chi connectivity index (χ0v) is 12.9. The van der Waals surface area contributed by atoms with Crippen LogP contribution in [0.2, 0.25) is 0 Å². The van der Waals surface area contributed by atoms with Gasteiger partial charge in [0.25, 0.3) is 5.91 Å². The number of halogens is 1. The number of nitrogens with zero attached hydrogens (tertiary/aromatic N) is 1. The van der Waals surface area contributed by atoms with Gasteiger partial charge in [-0.2, -0.15) is 5.10 Å². The van der Waals surface area contributed by atoms with Crippen LogP contribution >= 0.6 is 15.9 Å². The Balaban J connectivity index is 1.69. The van der Waals surface area contributed by atoms with Crippen LogP contribution in [0.15, 0.2) is 64.2 Å². The van der Waals surface area contributed by atoms with Gasteiger partial charge in [0.05, 0.1) is 0 Å². The Morgan fingerprint density at radius 3 is 2.57 bits per heavy atom. The van der Waals surface area contributed by atoms with Gasteiger partial charge in [0, 0.05) is 17.1 Å². The van der Waals surface area contributed by atoms with Crippen LogP contribution in [0.1, 0.15) is 5.56 Å². The van der Waals surface area contributed by atoms with Gasteiger partial charge in [-0.3, -0.25) is 4.79 Å². The molecule has 0 radical (unpaired) electrons. The Labute approximate surface area is 132 Å². The van der Waals surface area contributed by atoms with Crippen LogP contribution in [0, 0.1) is 0 Å². The molecule has 0 aliphatic carbocycles. The zero-order chi connectivity index (χ0) is 14.9. The fourth-order valence-corrected chi connectivity index (χ4v) is 1.86. The molecule has 0 atom stereocenters. The van der Waals surface area contributed by atoms with Crippen LogP contribution in [0.4, 0.5) is 0 Å². The van der Waals surface area contributed by atoms with Crippen molar-refractivity contribution in [2.75, 3.05) is 6.61 Å². The monoisotopic (exact) mass is 346 g/mol. The molecule has 108 valence electrons. The molecule has 2 aromatic rings. The Morgan fingerprint density at radius 1 is 1.14 bits per heavy atom. The Hall–Kier alpha value is -2.14. The van der Waals surface area contributed by atoms with Crippen molar-refractivity contribution < 1.29 is 9.53 Å². The summed E-state index contributed by atoms with van der Waals surface area (Å²) in [6.45, 7) is -0.0652. The number of ether oxygens (including phenoxy) is 1. The molecule has 0 bridgehead atoms. The van der Waals surface area contributed by atoms with Gasteiger partial charge in [-0.1, -0.05) is 46.3 Å². The zero-order valence-electron chi connectivity index (χ0n) is 11.3. The van der Waals surface area contributed by atoms with Gasteiger partial charge in [-0.05, 0) is 29.8 Å². The third-order valence-electron chi connectivity index (χ3n) is 2.63. The summed E-state index contributed by atoms with van der Waals surface area (Å²) in [5, 5.41) is 3.88. The fraction of sp³-hybridized carbons (Fsp3) is 0.125. The lowest BCUT2D eigenvalue weighted by Crippen LogP contribution is -2.24. The number of benzene rings is 2. The molecule has 21 heavy (non-hydrogen) atoms. The van der Waals surface area contributed by atoms with Crippen LogP contribution in [-0.2, 0) is 11.2 Å². The largest absolute Gasteiger partial charge is 0.484 e. The van der Waals surface area contributed by atoms with Crippen LogP contribution in [-0.4, -0.2) is 18.7 Å². The van der Waals surface area contributed by atoms with Crippen LogP contribution < -0.4 is 10.2 Å². The van der Waals surface area contributed by atoms with E-state index >= 15 is 0 Å². The van der Waals surface area contributed by atoms with E-state index in [0.29, 0.717) is 12.2 Å². The first-order valence-corrected chi connectivity index (χ1v) is 7.26. The number of hydrogen-bond acceptors (Lipinski definition) is 3. The fourth-order valence-electron chi connectivity index (χ4n) is 1.59. The van der Waals surface area contributed by atoms with Crippen molar-refractivity contribution in [1.29, 1.82) is 0 Å². The lowest BCUT2D eigenvalue weighted by Gasteiger charge is -2.04. The van der Waals surface area contributed by atoms with E-state index in [0.717, 1.165) is 10.0 Å². The minimum absolute atomic E-state index is 0.0652. The first-order valence-electron chi connectivity index (χ1n) is 6.47. The van der Waals surface area contributed by atoms with Crippen LogP contribution in [0.3, 0.4) is 0 Å². The van der Waals surface area contributed by atoms with Crippen LogP contribution in [0.5, 0.6) is 5.75 Å². The molecular weight excluding hydrogens is 332 g/mol. The predicted octanol–water partition coefficient (Wildman–Crippen LogP) is 3.17. The lowest BCUT2D eigenvalue weighted by atomic mass is 10.2. The number of amides is 1. The average molecular weight is 347 g/mol. The number of carbonyl (C=O) groups excluding carboxylic acids is 1. The molecular formula is C16H15BrN2O2. The van der Waals surface area contributed by atoms with E-state index in [1.54, 1.807) is 18.3 Å². The molecule has 0 saturated carbocycles. The first kappa shape index (κ1) is 15.3. The van der Waals surface area contributed by atoms with Gasteiger partial charge < -0.3 is 4.74 Å². The van der Waals surface area contributed by atoms with Gasteiger partial charge in [0.15, 0.2) is 6.61 Å². The molecule has 2 aromatic carbocycles. The quantitative estimate of drug-likeness (QED) is 0.645. The van der Waals surface area contributed by atoms with Gasteiger partial charge in [0.2, 0.25) is 0 Å².